The van der Waals surface area contributed by atoms with Gasteiger partial charge in [0.2, 0.25) is 21.8 Å². The summed E-state index contributed by atoms with van der Waals surface area (Å²) in [6.07, 6.45) is 1.82. The molecule has 2 rings (SSSR count). The Balaban J connectivity index is 2.41. The average molecular weight is 490 g/mol. The van der Waals surface area contributed by atoms with E-state index in [1.54, 1.807) is 63.4 Å². The summed E-state index contributed by atoms with van der Waals surface area (Å²) < 4.78 is 31.6. The van der Waals surface area contributed by atoms with Gasteiger partial charge in [0.15, 0.2) is 0 Å². The predicted octanol–water partition coefficient (Wildman–Crippen LogP) is 3.10. The Morgan fingerprint density at radius 1 is 1.09 bits per heavy atom. The molecule has 0 heterocycles. The van der Waals surface area contributed by atoms with Crippen molar-refractivity contribution in [2.75, 3.05) is 24.2 Å². The molecule has 0 bridgehead atoms. The molecule has 0 fully saturated rings. The molecule has 0 saturated carbocycles. The topological polar surface area (TPSA) is 96.0 Å². The van der Waals surface area contributed by atoms with E-state index in [9.17, 15) is 18.0 Å². The molecule has 2 aromatic rings. The van der Waals surface area contributed by atoms with Gasteiger partial charge < -0.3 is 15.0 Å². The molecule has 1 N–H and O–H groups in total. The van der Waals surface area contributed by atoms with Crippen LogP contribution in [0.15, 0.2) is 48.5 Å². The normalized spacial score (nSPS) is 13.0. The van der Waals surface area contributed by atoms with Crippen LogP contribution in [-0.4, -0.2) is 57.1 Å². The lowest BCUT2D eigenvalue weighted by molar-refractivity contribution is -0.139. The Hall–Kier alpha value is -3.07. The van der Waals surface area contributed by atoms with E-state index in [1.807, 2.05) is 19.9 Å². The fourth-order valence-corrected chi connectivity index (χ4v) is 4.36. The number of nitrogens with zero attached hydrogens (tertiary/aromatic N) is 2. The summed E-state index contributed by atoms with van der Waals surface area (Å²) in [4.78, 5) is 27.9. The third-order valence-corrected chi connectivity index (χ3v) is 6.85. The molecule has 8 nitrogen and oxygen atoms in total. The molecule has 0 radical (unpaired) electrons. The van der Waals surface area contributed by atoms with Crippen LogP contribution in [0.4, 0.5) is 5.69 Å². The van der Waals surface area contributed by atoms with Gasteiger partial charge in [-0.05, 0) is 56.5 Å². The van der Waals surface area contributed by atoms with Crippen LogP contribution in [0, 0.1) is 6.92 Å². The van der Waals surface area contributed by atoms with Gasteiger partial charge in [0.05, 0.1) is 19.1 Å². The first kappa shape index (κ1) is 27.2. The van der Waals surface area contributed by atoms with Gasteiger partial charge in [-0.15, -0.1) is 0 Å². The second kappa shape index (κ2) is 11.9. The minimum Gasteiger partial charge on any atom is -0.497 e. The summed E-state index contributed by atoms with van der Waals surface area (Å²) in [7, 11) is -2.20. The van der Waals surface area contributed by atoms with E-state index >= 15 is 0 Å². The van der Waals surface area contributed by atoms with Crippen molar-refractivity contribution in [2.45, 2.75) is 52.7 Å². The molecule has 9 heteroatoms. The quantitative estimate of drug-likeness (QED) is 0.523. The van der Waals surface area contributed by atoms with Crippen molar-refractivity contribution >= 4 is 27.5 Å². The highest BCUT2D eigenvalue weighted by atomic mass is 32.2. The Morgan fingerprint density at radius 2 is 1.76 bits per heavy atom. The van der Waals surface area contributed by atoms with E-state index in [1.165, 1.54) is 4.90 Å². The maximum absolute atomic E-state index is 13.6. The molecule has 0 aliphatic heterocycles. The third-order valence-electron chi connectivity index (χ3n) is 5.72. The van der Waals surface area contributed by atoms with Gasteiger partial charge in [0.1, 0.15) is 18.3 Å². The van der Waals surface area contributed by atoms with Gasteiger partial charge in [-0.25, -0.2) is 8.42 Å². The lowest BCUT2D eigenvalue weighted by Gasteiger charge is -2.32. The van der Waals surface area contributed by atoms with Gasteiger partial charge in [0.25, 0.3) is 0 Å². The second-order valence-corrected chi connectivity index (χ2v) is 10.3. The molecule has 0 aromatic heterocycles. The first-order valence-corrected chi connectivity index (χ1v) is 13.1. The second-order valence-electron chi connectivity index (χ2n) is 8.42. The highest BCUT2D eigenvalue weighted by molar-refractivity contribution is 7.92. The molecule has 2 amide bonds. The van der Waals surface area contributed by atoms with Gasteiger partial charge in [-0.3, -0.25) is 13.9 Å². The highest BCUT2D eigenvalue weighted by Crippen LogP contribution is 2.23. The van der Waals surface area contributed by atoms with Crippen LogP contribution in [0.3, 0.4) is 0 Å². The number of aryl methyl sites for hydroxylation is 1. The molecule has 2 atom stereocenters. The van der Waals surface area contributed by atoms with Crippen LogP contribution < -0.4 is 14.4 Å². The van der Waals surface area contributed by atoms with E-state index in [4.69, 9.17) is 4.74 Å². The summed E-state index contributed by atoms with van der Waals surface area (Å²) in [6, 6.07) is 13.3. The van der Waals surface area contributed by atoms with Crippen molar-refractivity contribution in [3.05, 3.63) is 59.7 Å². The maximum atomic E-state index is 13.6. The number of benzene rings is 2. The van der Waals surface area contributed by atoms with Gasteiger partial charge >= 0.3 is 0 Å². The molecule has 2 aromatic carbocycles. The van der Waals surface area contributed by atoms with Crippen molar-refractivity contribution in [2.24, 2.45) is 0 Å². The molecular weight excluding hydrogens is 454 g/mol. The Morgan fingerprint density at radius 3 is 2.35 bits per heavy atom. The van der Waals surface area contributed by atoms with Crippen molar-refractivity contribution in [1.29, 1.82) is 0 Å². The van der Waals surface area contributed by atoms with Crippen molar-refractivity contribution in [1.82, 2.24) is 10.2 Å². The van der Waals surface area contributed by atoms with E-state index in [0.29, 0.717) is 11.4 Å². The zero-order valence-electron chi connectivity index (χ0n) is 20.7. The van der Waals surface area contributed by atoms with Crippen LogP contribution in [0.25, 0.3) is 0 Å². The number of anilines is 1. The first-order chi connectivity index (χ1) is 16.0. The highest BCUT2D eigenvalue weighted by Gasteiger charge is 2.30. The molecule has 0 saturated heterocycles. The van der Waals surface area contributed by atoms with Crippen LogP contribution >= 0.6 is 0 Å². The zero-order valence-corrected chi connectivity index (χ0v) is 21.6. The number of hydrogen-bond donors (Lipinski definition) is 1. The van der Waals surface area contributed by atoms with E-state index in [0.717, 1.165) is 28.1 Å². The van der Waals surface area contributed by atoms with E-state index in [-0.39, 0.29) is 18.5 Å². The standard InChI is InChI=1S/C25H35N3O5S/c1-7-19(3)26-25(30)20(4)27(16-21-12-10-13-22(15-21)33-5)24(29)17-28(34(6,31)32)23-14-9-8-11-18(23)2/h8-15,19-20H,7,16-17H2,1-6H3,(H,26,30)/t19-,20+/m1/s1. The monoisotopic (exact) mass is 489 g/mol. The number of hydrogen-bond acceptors (Lipinski definition) is 5. The van der Waals surface area contributed by atoms with Gasteiger partial charge in [0, 0.05) is 12.6 Å². The van der Waals surface area contributed by atoms with Crippen LogP contribution in [0.2, 0.25) is 0 Å². The Kier molecular flexibility index (Phi) is 9.49. The zero-order chi connectivity index (χ0) is 25.5. The predicted molar refractivity (Wildman–Crippen MR) is 134 cm³/mol. The SMILES string of the molecule is CC[C@@H](C)NC(=O)[C@H](C)N(Cc1cccc(OC)c1)C(=O)CN(c1ccccc1C)S(C)(=O)=O. The number of ether oxygens (including phenoxy) is 1. The first-order valence-electron chi connectivity index (χ1n) is 11.2. The Bertz CT molecular complexity index is 1100. The molecule has 0 aliphatic rings. The number of amides is 2. The number of carbonyl (C=O) groups excluding carboxylic acids is 2. The lowest BCUT2D eigenvalue weighted by atomic mass is 10.1. The van der Waals surface area contributed by atoms with E-state index in [2.05, 4.69) is 5.32 Å². The van der Waals surface area contributed by atoms with E-state index < -0.39 is 28.5 Å². The van der Waals surface area contributed by atoms with Crippen molar-refractivity contribution < 1.29 is 22.7 Å². The smallest absolute Gasteiger partial charge is 0.244 e. The van der Waals surface area contributed by atoms with Gasteiger partial charge in [-0.1, -0.05) is 37.3 Å². The van der Waals surface area contributed by atoms with Gasteiger partial charge in [-0.2, -0.15) is 0 Å². The summed E-state index contributed by atoms with van der Waals surface area (Å²) >= 11 is 0. The summed E-state index contributed by atoms with van der Waals surface area (Å²) in [5, 5.41) is 2.91. The Labute approximate surface area is 202 Å². The number of rotatable bonds is 11. The number of sulfonamides is 1. The molecule has 34 heavy (non-hydrogen) atoms. The molecule has 0 unspecified atom stereocenters. The molecule has 0 aliphatic carbocycles. The maximum Gasteiger partial charge on any atom is 0.244 e. The minimum atomic E-state index is -3.76. The number of nitrogens with one attached hydrogen (secondary N) is 1. The van der Waals surface area contributed by atoms with Crippen molar-refractivity contribution in [3.8, 4) is 5.75 Å². The minimum absolute atomic E-state index is 0.0526. The van der Waals surface area contributed by atoms with Crippen LogP contribution in [-0.2, 0) is 26.2 Å². The largest absolute Gasteiger partial charge is 0.497 e. The molecule has 0 spiro atoms. The molecule has 186 valence electrons. The molecular formula is C25H35N3O5S. The summed E-state index contributed by atoms with van der Waals surface area (Å²) in [5.74, 6) is -0.157. The number of para-hydroxylation sites is 1. The van der Waals surface area contributed by atoms with Crippen LogP contribution in [0.5, 0.6) is 5.75 Å². The fraction of sp³-hybridized carbons (Fsp3) is 0.440. The number of carbonyl (C=O) groups is 2. The fourth-order valence-electron chi connectivity index (χ4n) is 3.45. The summed E-state index contributed by atoms with van der Waals surface area (Å²) in [6.45, 7) is 6.98. The number of methoxy groups -OCH3 is 1. The lowest BCUT2D eigenvalue weighted by Crippen LogP contribution is -2.52. The summed E-state index contributed by atoms with van der Waals surface area (Å²) in [5.41, 5.74) is 1.91. The third kappa shape index (κ3) is 7.21. The average Bonchev–Trinajstić information content (AvgIpc) is 2.80. The van der Waals surface area contributed by atoms with Crippen molar-refractivity contribution in [3.63, 3.8) is 0 Å². The van der Waals surface area contributed by atoms with Crippen LogP contribution in [0.1, 0.15) is 38.3 Å².